The Morgan fingerprint density at radius 2 is 1.88 bits per heavy atom. The van der Waals surface area contributed by atoms with Gasteiger partial charge in [-0.15, -0.1) is 0 Å². The molecule has 1 fully saturated rings. The molecule has 0 spiro atoms. The lowest BCUT2D eigenvalue weighted by molar-refractivity contribution is -0.133. The number of carbonyl (C=O) groups is 1. The predicted octanol–water partition coefficient (Wildman–Crippen LogP) is 3.45. The van der Waals surface area contributed by atoms with Crippen molar-refractivity contribution in [3.8, 4) is 17.0 Å². The van der Waals surface area contributed by atoms with Gasteiger partial charge in [0.2, 0.25) is 11.8 Å². The summed E-state index contributed by atoms with van der Waals surface area (Å²) in [6, 6.07) is 9.56. The van der Waals surface area contributed by atoms with Crippen LogP contribution in [0, 0.1) is 0 Å². The minimum Gasteiger partial charge on any atom is -0.481 e. The highest BCUT2D eigenvalue weighted by Gasteiger charge is 2.27. The summed E-state index contributed by atoms with van der Waals surface area (Å²) in [6.45, 7) is 5.48. The number of methoxy groups -OCH3 is 1. The van der Waals surface area contributed by atoms with Gasteiger partial charge in [0.15, 0.2) is 0 Å². The number of anilines is 1. The number of pyridine rings is 1. The summed E-state index contributed by atoms with van der Waals surface area (Å²) < 4.78 is 5.17. The summed E-state index contributed by atoms with van der Waals surface area (Å²) in [5, 5.41) is 4.36. The van der Waals surface area contributed by atoms with Crippen molar-refractivity contribution in [1.82, 2.24) is 24.8 Å². The number of piperazine rings is 1. The fourth-order valence-electron chi connectivity index (χ4n) is 4.10. The highest BCUT2D eigenvalue weighted by molar-refractivity contribution is 5.94. The van der Waals surface area contributed by atoms with E-state index in [4.69, 9.17) is 4.74 Å². The van der Waals surface area contributed by atoms with E-state index in [9.17, 15) is 4.79 Å². The van der Waals surface area contributed by atoms with Gasteiger partial charge < -0.3 is 19.9 Å². The van der Waals surface area contributed by atoms with Gasteiger partial charge in [0.05, 0.1) is 12.6 Å². The number of nitrogens with zero attached hydrogens (tertiary/aromatic N) is 5. The fraction of sp³-hybridized carbons (Fsp3) is 0.440. The molecule has 0 saturated carbocycles. The SMILES string of the molecule is CCCCC(Nc1ncnc2ccc(-c3ccc(OC)nc3)cc12)C(=O)N1CCN(C)CC1. The standard InChI is InChI=1S/C25H32N6O2/c1-4-5-6-22(25(32)31-13-11-30(2)12-14-31)29-24-20-15-18(7-9-21(20)27-17-28-24)19-8-10-23(33-3)26-16-19/h7-10,15-17,22H,4-6,11-14H2,1-3H3,(H,27,28,29). The number of hydrogen-bond acceptors (Lipinski definition) is 7. The molecule has 174 valence electrons. The summed E-state index contributed by atoms with van der Waals surface area (Å²) >= 11 is 0. The molecular formula is C25H32N6O2. The van der Waals surface area contributed by atoms with Gasteiger partial charge in [0, 0.05) is 49.4 Å². The minimum absolute atomic E-state index is 0.152. The quantitative estimate of drug-likeness (QED) is 0.565. The lowest BCUT2D eigenvalue weighted by atomic mass is 10.0. The second-order valence-corrected chi connectivity index (χ2v) is 8.51. The number of hydrogen-bond donors (Lipinski definition) is 1. The maximum absolute atomic E-state index is 13.4. The van der Waals surface area contributed by atoms with Crippen LogP contribution in [-0.2, 0) is 4.79 Å². The van der Waals surface area contributed by atoms with E-state index in [-0.39, 0.29) is 11.9 Å². The maximum Gasteiger partial charge on any atom is 0.245 e. The Labute approximate surface area is 195 Å². The van der Waals surface area contributed by atoms with E-state index in [0.717, 1.165) is 67.5 Å². The molecule has 0 radical (unpaired) electrons. The zero-order valence-corrected chi connectivity index (χ0v) is 19.6. The normalized spacial score (nSPS) is 15.4. The van der Waals surface area contributed by atoms with Crippen LogP contribution in [0.3, 0.4) is 0 Å². The molecule has 8 heteroatoms. The zero-order valence-electron chi connectivity index (χ0n) is 19.6. The summed E-state index contributed by atoms with van der Waals surface area (Å²) in [5.41, 5.74) is 2.81. The number of ether oxygens (including phenoxy) is 1. The monoisotopic (exact) mass is 448 g/mol. The Morgan fingerprint density at radius 1 is 1.09 bits per heavy atom. The Hall–Kier alpha value is -3.26. The first-order valence-electron chi connectivity index (χ1n) is 11.6. The van der Waals surface area contributed by atoms with E-state index in [1.165, 1.54) is 0 Å². The molecule has 4 rings (SSSR count). The first-order valence-corrected chi connectivity index (χ1v) is 11.6. The molecule has 1 saturated heterocycles. The first kappa shape index (κ1) is 22.9. The van der Waals surface area contributed by atoms with Crippen molar-refractivity contribution in [3.05, 3.63) is 42.9 Å². The number of nitrogens with one attached hydrogen (secondary N) is 1. The zero-order chi connectivity index (χ0) is 23.2. The van der Waals surface area contributed by atoms with Gasteiger partial charge in [0.25, 0.3) is 0 Å². The highest BCUT2D eigenvalue weighted by atomic mass is 16.5. The lowest BCUT2D eigenvalue weighted by Crippen LogP contribution is -2.51. The van der Waals surface area contributed by atoms with Crippen LogP contribution in [0.4, 0.5) is 5.82 Å². The molecular weight excluding hydrogens is 416 g/mol. The van der Waals surface area contributed by atoms with E-state index >= 15 is 0 Å². The van der Waals surface area contributed by atoms with Crippen molar-refractivity contribution < 1.29 is 9.53 Å². The van der Waals surface area contributed by atoms with Gasteiger partial charge in [-0.05, 0) is 37.2 Å². The van der Waals surface area contributed by atoms with E-state index in [1.54, 1.807) is 19.6 Å². The number of unbranched alkanes of at least 4 members (excludes halogenated alkanes) is 1. The minimum atomic E-state index is -0.308. The highest BCUT2D eigenvalue weighted by Crippen LogP contribution is 2.28. The summed E-state index contributed by atoms with van der Waals surface area (Å²) in [4.78, 5) is 30.9. The summed E-state index contributed by atoms with van der Waals surface area (Å²) in [6.07, 6.45) is 6.12. The fourth-order valence-corrected chi connectivity index (χ4v) is 4.10. The van der Waals surface area contributed by atoms with Crippen molar-refractivity contribution in [3.63, 3.8) is 0 Å². The van der Waals surface area contributed by atoms with Crippen molar-refractivity contribution >= 4 is 22.6 Å². The average molecular weight is 449 g/mol. The van der Waals surface area contributed by atoms with Crippen LogP contribution in [0.5, 0.6) is 5.88 Å². The third-order valence-corrected chi connectivity index (χ3v) is 6.18. The van der Waals surface area contributed by atoms with Crippen molar-refractivity contribution in [2.75, 3.05) is 45.7 Å². The third kappa shape index (κ3) is 5.39. The number of carbonyl (C=O) groups excluding carboxylic acids is 1. The molecule has 1 aliphatic heterocycles. The molecule has 1 unspecified atom stereocenters. The van der Waals surface area contributed by atoms with Crippen LogP contribution in [0.1, 0.15) is 26.2 Å². The van der Waals surface area contributed by atoms with Crippen LogP contribution < -0.4 is 10.1 Å². The number of amides is 1. The maximum atomic E-state index is 13.4. The van der Waals surface area contributed by atoms with E-state index in [2.05, 4.69) is 45.2 Å². The number of fused-ring (bicyclic) bond motifs is 1. The first-order chi connectivity index (χ1) is 16.1. The van der Waals surface area contributed by atoms with Crippen molar-refractivity contribution in [1.29, 1.82) is 0 Å². The molecule has 1 atom stereocenters. The Morgan fingerprint density at radius 3 is 2.58 bits per heavy atom. The molecule has 3 aromatic rings. The van der Waals surface area contributed by atoms with Gasteiger partial charge in [-0.3, -0.25) is 4.79 Å². The number of likely N-dealkylation sites (N-methyl/N-ethyl adjacent to an activating group) is 1. The van der Waals surface area contributed by atoms with Crippen molar-refractivity contribution in [2.24, 2.45) is 0 Å². The number of aromatic nitrogens is 3. The largest absolute Gasteiger partial charge is 0.481 e. The summed E-state index contributed by atoms with van der Waals surface area (Å²) in [7, 11) is 3.70. The molecule has 0 bridgehead atoms. The van der Waals surface area contributed by atoms with Crippen LogP contribution in [-0.4, -0.2) is 77.0 Å². The topological polar surface area (TPSA) is 83.5 Å². The smallest absolute Gasteiger partial charge is 0.245 e. The predicted molar refractivity (Wildman–Crippen MR) is 130 cm³/mol. The lowest BCUT2D eigenvalue weighted by Gasteiger charge is -2.35. The van der Waals surface area contributed by atoms with Gasteiger partial charge in [-0.25, -0.2) is 15.0 Å². The van der Waals surface area contributed by atoms with Crippen LogP contribution in [0.15, 0.2) is 42.9 Å². The number of rotatable bonds is 8. The van der Waals surface area contributed by atoms with Gasteiger partial charge in [-0.1, -0.05) is 25.8 Å². The molecule has 1 aliphatic rings. The van der Waals surface area contributed by atoms with Gasteiger partial charge in [-0.2, -0.15) is 0 Å². The van der Waals surface area contributed by atoms with Crippen LogP contribution in [0.25, 0.3) is 22.0 Å². The molecule has 0 aliphatic carbocycles. The third-order valence-electron chi connectivity index (χ3n) is 6.18. The van der Waals surface area contributed by atoms with Gasteiger partial charge in [0.1, 0.15) is 18.2 Å². The molecule has 2 aromatic heterocycles. The molecule has 8 nitrogen and oxygen atoms in total. The molecule has 1 aromatic carbocycles. The van der Waals surface area contributed by atoms with Crippen LogP contribution >= 0.6 is 0 Å². The van der Waals surface area contributed by atoms with E-state index in [1.807, 2.05) is 29.2 Å². The van der Waals surface area contributed by atoms with E-state index < -0.39 is 0 Å². The van der Waals surface area contributed by atoms with Gasteiger partial charge >= 0.3 is 0 Å². The molecule has 3 heterocycles. The Kier molecular flexibility index (Phi) is 7.34. The second kappa shape index (κ2) is 10.6. The Balaban J connectivity index is 1.62. The summed E-state index contributed by atoms with van der Waals surface area (Å²) in [5.74, 6) is 1.41. The van der Waals surface area contributed by atoms with Crippen molar-refractivity contribution in [2.45, 2.75) is 32.2 Å². The molecule has 1 N–H and O–H groups in total. The Bertz CT molecular complexity index is 1080. The van der Waals surface area contributed by atoms with E-state index in [0.29, 0.717) is 11.7 Å². The second-order valence-electron chi connectivity index (χ2n) is 8.51. The van der Waals surface area contributed by atoms with Crippen LogP contribution in [0.2, 0.25) is 0 Å². The average Bonchev–Trinajstić information content (AvgIpc) is 2.86. The number of benzene rings is 1. The molecule has 33 heavy (non-hydrogen) atoms. The molecule has 1 amide bonds.